The van der Waals surface area contributed by atoms with E-state index in [1.54, 1.807) is 0 Å². The summed E-state index contributed by atoms with van der Waals surface area (Å²) in [5.74, 6) is -3.08. The zero-order valence-corrected chi connectivity index (χ0v) is 13.8. The van der Waals surface area contributed by atoms with Crippen molar-refractivity contribution in [3.05, 3.63) is 51.6 Å². The van der Waals surface area contributed by atoms with Crippen LogP contribution in [0.25, 0.3) is 0 Å². The Morgan fingerprint density at radius 2 is 1.65 bits per heavy atom. The molecule has 5 N–H and O–H groups in total. The van der Waals surface area contributed by atoms with Crippen LogP contribution in [0.15, 0.2) is 18.2 Å². The maximum atomic E-state index is 12.9. The summed E-state index contributed by atoms with van der Waals surface area (Å²) >= 11 is 0. The highest BCUT2D eigenvalue weighted by molar-refractivity contribution is 6.31. The molecule has 0 aliphatic heterocycles. The molecule has 2 aliphatic carbocycles. The largest absolute Gasteiger partial charge is 0.507 e. The van der Waals surface area contributed by atoms with Crippen molar-refractivity contribution in [2.45, 2.75) is 31.5 Å². The molecule has 7 heteroatoms. The fourth-order valence-electron chi connectivity index (χ4n) is 3.84. The van der Waals surface area contributed by atoms with Crippen molar-refractivity contribution in [3.8, 4) is 17.2 Å². The number of aromatic hydroxyl groups is 3. The number of hydrogen-bond donors (Lipinski definition) is 5. The van der Waals surface area contributed by atoms with Gasteiger partial charge in [0.1, 0.15) is 23.4 Å². The second-order valence-corrected chi connectivity index (χ2v) is 6.96. The van der Waals surface area contributed by atoms with Gasteiger partial charge in [0.25, 0.3) is 0 Å². The summed E-state index contributed by atoms with van der Waals surface area (Å²) in [6.07, 6.45) is -1.34. The number of aliphatic hydroxyl groups excluding tert-OH is 1. The summed E-state index contributed by atoms with van der Waals surface area (Å²) in [4.78, 5) is 25.7. The Morgan fingerprint density at radius 1 is 1.00 bits per heavy atom. The fourth-order valence-corrected chi connectivity index (χ4v) is 3.84. The first-order chi connectivity index (χ1) is 12.2. The minimum absolute atomic E-state index is 0.0942. The van der Waals surface area contributed by atoms with E-state index >= 15 is 0 Å². The molecule has 0 amide bonds. The molecule has 0 aromatic heterocycles. The van der Waals surface area contributed by atoms with Crippen molar-refractivity contribution >= 4 is 11.6 Å². The van der Waals surface area contributed by atoms with Gasteiger partial charge < -0.3 is 25.5 Å². The van der Waals surface area contributed by atoms with E-state index in [0.29, 0.717) is 0 Å². The molecule has 0 saturated heterocycles. The molecule has 134 valence electrons. The van der Waals surface area contributed by atoms with Gasteiger partial charge in [0.15, 0.2) is 5.78 Å². The molecule has 7 nitrogen and oxygen atoms in total. The number of fused-ring (bicyclic) bond motifs is 3. The maximum Gasteiger partial charge on any atom is 0.202 e. The van der Waals surface area contributed by atoms with E-state index in [4.69, 9.17) is 0 Å². The summed E-state index contributed by atoms with van der Waals surface area (Å²) < 4.78 is 0. The molecule has 2 aromatic rings. The van der Waals surface area contributed by atoms with Gasteiger partial charge in [0, 0.05) is 16.7 Å². The van der Waals surface area contributed by atoms with Crippen LogP contribution >= 0.6 is 0 Å². The van der Waals surface area contributed by atoms with E-state index in [1.165, 1.54) is 25.1 Å². The van der Waals surface area contributed by atoms with Gasteiger partial charge >= 0.3 is 0 Å². The summed E-state index contributed by atoms with van der Waals surface area (Å²) in [6, 6.07) is 3.98. The molecule has 4 rings (SSSR count). The predicted octanol–water partition coefficient (Wildman–Crippen LogP) is 1.31. The molecule has 26 heavy (non-hydrogen) atoms. The van der Waals surface area contributed by atoms with Crippen LogP contribution in [0, 0.1) is 0 Å². The maximum absolute atomic E-state index is 12.9. The molecule has 0 unspecified atom stereocenters. The zero-order chi connectivity index (χ0) is 19.0. The lowest BCUT2D eigenvalue weighted by molar-refractivity contribution is -0.0763. The van der Waals surface area contributed by atoms with Crippen LogP contribution in [0.5, 0.6) is 17.2 Å². The zero-order valence-electron chi connectivity index (χ0n) is 13.8. The molecule has 2 atom stereocenters. The quantitative estimate of drug-likeness (QED) is 0.383. The Labute approximate surface area is 147 Å². The Kier molecular flexibility index (Phi) is 3.22. The van der Waals surface area contributed by atoms with Crippen molar-refractivity contribution < 1.29 is 35.1 Å². The number of phenols is 3. The molecule has 0 bridgehead atoms. The number of carbonyl (C=O) groups excluding carboxylic acids is 2. The smallest absolute Gasteiger partial charge is 0.202 e. The van der Waals surface area contributed by atoms with Gasteiger partial charge in [-0.15, -0.1) is 0 Å². The number of hydrogen-bond acceptors (Lipinski definition) is 7. The lowest BCUT2D eigenvalue weighted by Gasteiger charge is -2.37. The highest BCUT2D eigenvalue weighted by atomic mass is 16.3. The standard InChI is InChI=1S/C19H16O7/c1-19(26)6-5-8-11(18(19)25)17(24)13-12(15(8)22)16(23)10-7(14(13)21)3-2-4-9(10)20/h2-4,18,20,22,24-26H,5-6H2,1H3/t18-,19+/m0/s1. The third-order valence-corrected chi connectivity index (χ3v) is 5.30. The Balaban J connectivity index is 2.08. The van der Waals surface area contributed by atoms with Crippen LogP contribution in [-0.2, 0) is 6.42 Å². The van der Waals surface area contributed by atoms with E-state index in [9.17, 15) is 35.1 Å². The van der Waals surface area contributed by atoms with Gasteiger partial charge in [0.05, 0.1) is 22.3 Å². The van der Waals surface area contributed by atoms with E-state index in [0.717, 1.165) is 0 Å². The molecule has 0 radical (unpaired) electrons. The van der Waals surface area contributed by atoms with Crippen LogP contribution in [0.1, 0.15) is 62.4 Å². The van der Waals surface area contributed by atoms with Crippen molar-refractivity contribution in [1.29, 1.82) is 0 Å². The minimum atomic E-state index is -1.55. The van der Waals surface area contributed by atoms with E-state index in [1.807, 2.05) is 0 Å². The van der Waals surface area contributed by atoms with Crippen LogP contribution in [0.3, 0.4) is 0 Å². The van der Waals surface area contributed by atoms with Crippen LogP contribution in [0.2, 0.25) is 0 Å². The molecule has 2 aromatic carbocycles. The first kappa shape index (κ1) is 16.6. The molecule has 0 fully saturated rings. The van der Waals surface area contributed by atoms with Crippen molar-refractivity contribution in [3.63, 3.8) is 0 Å². The highest BCUT2D eigenvalue weighted by Gasteiger charge is 2.45. The Morgan fingerprint density at radius 3 is 2.35 bits per heavy atom. The first-order valence-corrected chi connectivity index (χ1v) is 8.09. The van der Waals surface area contributed by atoms with Gasteiger partial charge in [-0.3, -0.25) is 9.59 Å². The monoisotopic (exact) mass is 356 g/mol. The lowest BCUT2D eigenvalue weighted by atomic mass is 9.73. The highest BCUT2D eigenvalue weighted by Crippen LogP contribution is 2.51. The molecule has 0 heterocycles. The van der Waals surface area contributed by atoms with Gasteiger partial charge in [-0.25, -0.2) is 0 Å². The van der Waals surface area contributed by atoms with Gasteiger partial charge in [0.2, 0.25) is 5.78 Å². The molecule has 0 saturated carbocycles. The second kappa shape index (κ2) is 5.06. The van der Waals surface area contributed by atoms with Crippen LogP contribution < -0.4 is 0 Å². The van der Waals surface area contributed by atoms with Crippen LogP contribution in [-0.4, -0.2) is 42.7 Å². The number of phenolic OH excluding ortho intramolecular Hbond substituents is 3. The average molecular weight is 356 g/mol. The summed E-state index contributed by atoms with van der Waals surface area (Å²) in [5.41, 5.74) is -2.75. The van der Waals surface area contributed by atoms with Crippen molar-refractivity contribution in [2.75, 3.05) is 0 Å². The number of carbonyl (C=O) groups is 2. The van der Waals surface area contributed by atoms with E-state index in [-0.39, 0.29) is 35.1 Å². The molecular formula is C19H16O7. The van der Waals surface area contributed by atoms with Gasteiger partial charge in [-0.05, 0) is 25.8 Å². The van der Waals surface area contributed by atoms with Gasteiger partial charge in [-0.1, -0.05) is 12.1 Å². The SMILES string of the molecule is C[C@@]1(O)CCc2c(O)c3c(c(O)c2[C@@H]1O)C(=O)c1cccc(O)c1C3=O. The fraction of sp³-hybridized carbons (Fsp3) is 0.263. The Hall–Kier alpha value is -2.90. The Bertz CT molecular complexity index is 1000. The minimum Gasteiger partial charge on any atom is -0.507 e. The molecular weight excluding hydrogens is 340 g/mol. The summed E-state index contributed by atoms with van der Waals surface area (Å²) in [6.45, 7) is 1.39. The van der Waals surface area contributed by atoms with E-state index in [2.05, 4.69) is 0 Å². The second-order valence-electron chi connectivity index (χ2n) is 6.96. The third-order valence-electron chi connectivity index (χ3n) is 5.30. The number of benzene rings is 2. The first-order valence-electron chi connectivity index (χ1n) is 8.09. The number of aliphatic hydroxyl groups is 2. The third kappa shape index (κ3) is 1.89. The molecule has 2 aliphatic rings. The van der Waals surface area contributed by atoms with Crippen LogP contribution in [0.4, 0.5) is 0 Å². The lowest BCUT2D eigenvalue weighted by Crippen LogP contribution is -2.38. The normalized spacial score (nSPS) is 24.0. The number of rotatable bonds is 0. The summed E-state index contributed by atoms with van der Waals surface area (Å²) in [5, 5.41) is 52.0. The number of ketones is 2. The topological polar surface area (TPSA) is 135 Å². The van der Waals surface area contributed by atoms with Crippen molar-refractivity contribution in [1.82, 2.24) is 0 Å². The summed E-state index contributed by atoms with van der Waals surface area (Å²) in [7, 11) is 0. The average Bonchev–Trinajstić information content (AvgIpc) is 2.58. The molecule has 0 spiro atoms. The van der Waals surface area contributed by atoms with Crippen molar-refractivity contribution in [2.24, 2.45) is 0 Å². The predicted molar refractivity (Wildman–Crippen MR) is 88.6 cm³/mol. The van der Waals surface area contributed by atoms with E-state index < -0.39 is 51.6 Å². The van der Waals surface area contributed by atoms with Gasteiger partial charge in [-0.2, -0.15) is 0 Å².